The normalized spacial score (nSPS) is 10.2. The van der Waals surface area contributed by atoms with Crippen molar-refractivity contribution in [1.82, 2.24) is 0 Å². The van der Waals surface area contributed by atoms with Gasteiger partial charge in [0.15, 0.2) is 0 Å². The average Bonchev–Trinajstić information content (AvgIpc) is 2.11. The molecule has 0 heterocycles. The van der Waals surface area contributed by atoms with Crippen molar-refractivity contribution in [2.45, 2.75) is 13.3 Å². The number of rotatable bonds is 5. The molecule has 0 aliphatic rings. The van der Waals surface area contributed by atoms with E-state index in [1.54, 1.807) is 7.11 Å². The SMILES string of the molecule is COCCCOc1cc(C)cc(Cl)c1. The summed E-state index contributed by atoms with van der Waals surface area (Å²) in [5.74, 6) is 0.825. The quantitative estimate of drug-likeness (QED) is 0.702. The van der Waals surface area contributed by atoms with Crippen molar-refractivity contribution >= 4 is 11.6 Å². The zero-order valence-electron chi connectivity index (χ0n) is 8.55. The van der Waals surface area contributed by atoms with Gasteiger partial charge < -0.3 is 9.47 Å². The molecule has 0 saturated carbocycles. The lowest BCUT2D eigenvalue weighted by atomic mass is 10.2. The first-order valence-corrected chi connectivity index (χ1v) is 4.99. The summed E-state index contributed by atoms with van der Waals surface area (Å²) in [5.41, 5.74) is 1.11. The molecule has 3 heteroatoms. The van der Waals surface area contributed by atoms with Crippen molar-refractivity contribution in [2.24, 2.45) is 0 Å². The molecule has 2 nitrogen and oxygen atoms in total. The van der Waals surface area contributed by atoms with E-state index < -0.39 is 0 Å². The van der Waals surface area contributed by atoms with Gasteiger partial charge in [-0.25, -0.2) is 0 Å². The van der Waals surface area contributed by atoms with Gasteiger partial charge in [-0.15, -0.1) is 0 Å². The standard InChI is InChI=1S/C11H15ClO2/c1-9-6-10(12)8-11(7-9)14-5-3-4-13-2/h6-8H,3-5H2,1-2H3. The van der Waals surface area contributed by atoms with Gasteiger partial charge in [-0.05, 0) is 30.7 Å². The second kappa shape index (κ2) is 5.89. The van der Waals surface area contributed by atoms with Crippen LogP contribution in [0.2, 0.25) is 5.02 Å². The minimum absolute atomic E-state index is 0.660. The Morgan fingerprint density at radius 1 is 1.21 bits per heavy atom. The zero-order valence-corrected chi connectivity index (χ0v) is 9.30. The third-order valence-electron chi connectivity index (χ3n) is 1.78. The molecular weight excluding hydrogens is 200 g/mol. The second-order valence-electron chi connectivity index (χ2n) is 3.16. The highest BCUT2D eigenvalue weighted by Gasteiger charge is 1.97. The van der Waals surface area contributed by atoms with E-state index in [-0.39, 0.29) is 0 Å². The number of methoxy groups -OCH3 is 1. The molecule has 0 aliphatic heterocycles. The molecule has 1 aromatic carbocycles. The lowest BCUT2D eigenvalue weighted by Crippen LogP contribution is -2.01. The van der Waals surface area contributed by atoms with Crippen molar-refractivity contribution in [3.05, 3.63) is 28.8 Å². The predicted molar refractivity (Wildman–Crippen MR) is 58.2 cm³/mol. The third-order valence-corrected chi connectivity index (χ3v) is 2.00. The van der Waals surface area contributed by atoms with Crippen molar-refractivity contribution < 1.29 is 9.47 Å². The highest BCUT2D eigenvalue weighted by molar-refractivity contribution is 6.30. The fourth-order valence-corrected chi connectivity index (χ4v) is 1.46. The van der Waals surface area contributed by atoms with Crippen LogP contribution < -0.4 is 4.74 Å². The maximum Gasteiger partial charge on any atom is 0.121 e. The van der Waals surface area contributed by atoms with E-state index in [0.29, 0.717) is 11.6 Å². The van der Waals surface area contributed by atoms with Crippen LogP contribution in [-0.4, -0.2) is 20.3 Å². The maximum absolute atomic E-state index is 5.89. The molecule has 0 aliphatic carbocycles. The number of halogens is 1. The number of aryl methyl sites for hydroxylation is 1. The molecule has 0 radical (unpaired) electrons. The summed E-state index contributed by atoms with van der Waals surface area (Å²) in [6.07, 6.45) is 0.891. The minimum Gasteiger partial charge on any atom is -0.493 e. The number of benzene rings is 1. The van der Waals surface area contributed by atoms with Gasteiger partial charge >= 0.3 is 0 Å². The summed E-state index contributed by atoms with van der Waals surface area (Å²) in [5, 5.41) is 0.715. The number of ether oxygens (including phenoxy) is 2. The number of hydrogen-bond acceptors (Lipinski definition) is 2. The van der Waals surface area contributed by atoms with Gasteiger partial charge in [0.05, 0.1) is 6.61 Å². The Balaban J connectivity index is 2.42. The Bertz CT molecular complexity index is 266. The molecule has 0 atom stereocenters. The molecular formula is C11H15ClO2. The molecule has 0 saturated heterocycles. The molecule has 78 valence electrons. The lowest BCUT2D eigenvalue weighted by Gasteiger charge is -2.06. The van der Waals surface area contributed by atoms with Crippen molar-refractivity contribution in [3.8, 4) is 5.75 Å². The predicted octanol–water partition coefficient (Wildman–Crippen LogP) is 3.06. The van der Waals surface area contributed by atoms with Gasteiger partial charge in [0, 0.05) is 25.2 Å². The average molecular weight is 215 g/mol. The minimum atomic E-state index is 0.660. The largest absolute Gasteiger partial charge is 0.493 e. The van der Waals surface area contributed by atoms with Crippen LogP contribution in [0.25, 0.3) is 0 Å². The smallest absolute Gasteiger partial charge is 0.121 e. The monoisotopic (exact) mass is 214 g/mol. The van der Waals surface area contributed by atoms with E-state index in [9.17, 15) is 0 Å². The molecule has 1 rings (SSSR count). The fourth-order valence-electron chi connectivity index (χ4n) is 1.18. The van der Waals surface area contributed by atoms with Crippen molar-refractivity contribution in [2.75, 3.05) is 20.3 Å². The lowest BCUT2D eigenvalue weighted by molar-refractivity contribution is 0.172. The molecule has 0 fully saturated rings. The van der Waals surface area contributed by atoms with Crippen LogP contribution in [0, 0.1) is 6.92 Å². The fraction of sp³-hybridized carbons (Fsp3) is 0.455. The van der Waals surface area contributed by atoms with Crippen LogP contribution in [-0.2, 0) is 4.74 Å². The molecule has 0 aromatic heterocycles. The van der Waals surface area contributed by atoms with Gasteiger partial charge in [0.1, 0.15) is 5.75 Å². The van der Waals surface area contributed by atoms with Crippen LogP contribution in [0.5, 0.6) is 5.75 Å². The van der Waals surface area contributed by atoms with Crippen molar-refractivity contribution in [1.29, 1.82) is 0 Å². The van der Waals surface area contributed by atoms with E-state index in [2.05, 4.69) is 0 Å². The van der Waals surface area contributed by atoms with Gasteiger partial charge in [0.25, 0.3) is 0 Å². The number of hydrogen-bond donors (Lipinski definition) is 0. The van der Waals surface area contributed by atoms with E-state index >= 15 is 0 Å². The van der Waals surface area contributed by atoms with Crippen LogP contribution >= 0.6 is 11.6 Å². The third kappa shape index (κ3) is 3.99. The summed E-state index contributed by atoms with van der Waals surface area (Å²) < 4.78 is 10.4. The summed E-state index contributed by atoms with van der Waals surface area (Å²) in [6, 6.07) is 5.70. The molecule has 0 bridgehead atoms. The van der Waals surface area contributed by atoms with Crippen molar-refractivity contribution in [3.63, 3.8) is 0 Å². The summed E-state index contributed by atoms with van der Waals surface area (Å²) >= 11 is 5.89. The molecule has 0 N–H and O–H groups in total. The Hall–Kier alpha value is -0.730. The van der Waals surface area contributed by atoms with Gasteiger partial charge in [-0.2, -0.15) is 0 Å². The first kappa shape index (κ1) is 11.3. The van der Waals surface area contributed by atoms with Gasteiger partial charge in [-0.1, -0.05) is 11.6 Å². The highest BCUT2D eigenvalue weighted by atomic mass is 35.5. The van der Waals surface area contributed by atoms with E-state index in [4.69, 9.17) is 21.1 Å². The Morgan fingerprint density at radius 3 is 2.64 bits per heavy atom. The molecule has 0 amide bonds. The Labute approximate surface area is 89.8 Å². The van der Waals surface area contributed by atoms with E-state index in [1.165, 1.54) is 0 Å². The molecule has 1 aromatic rings. The van der Waals surface area contributed by atoms with E-state index in [1.807, 2.05) is 25.1 Å². The first-order valence-electron chi connectivity index (χ1n) is 4.61. The molecule has 0 spiro atoms. The van der Waals surface area contributed by atoms with Crippen LogP contribution in [0.4, 0.5) is 0 Å². The molecule has 14 heavy (non-hydrogen) atoms. The molecule has 0 unspecified atom stereocenters. The zero-order chi connectivity index (χ0) is 10.4. The van der Waals surface area contributed by atoms with Crippen LogP contribution in [0.15, 0.2) is 18.2 Å². The van der Waals surface area contributed by atoms with Crippen LogP contribution in [0.3, 0.4) is 0 Å². The van der Waals surface area contributed by atoms with Crippen LogP contribution in [0.1, 0.15) is 12.0 Å². The summed E-state index contributed by atoms with van der Waals surface area (Å²) in [4.78, 5) is 0. The first-order chi connectivity index (χ1) is 6.72. The summed E-state index contributed by atoms with van der Waals surface area (Å²) in [7, 11) is 1.68. The highest BCUT2D eigenvalue weighted by Crippen LogP contribution is 2.20. The van der Waals surface area contributed by atoms with E-state index in [0.717, 1.165) is 24.3 Å². The summed E-state index contributed by atoms with van der Waals surface area (Å²) in [6.45, 7) is 3.38. The Morgan fingerprint density at radius 2 is 2.00 bits per heavy atom. The Kier molecular flexibility index (Phi) is 4.77. The second-order valence-corrected chi connectivity index (χ2v) is 3.60. The van der Waals surface area contributed by atoms with Gasteiger partial charge in [-0.3, -0.25) is 0 Å². The van der Waals surface area contributed by atoms with Gasteiger partial charge in [0.2, 0.25) is 0 Å². The topological polar surface area (TPSA) is 18.5 Å². The maximum atomic E-state index is 5.89.